The third-order valence-corrected chi connectivity index (χ3v) is 1.99. The highest BCUT2D eigenvalue weighted by atomic mass is 32.1. The molecule has 0 rings (SSSR count). The summed E-state index contributed by atoms with van der Waals surface area (Å²) in [4.78, 5) is 11.0. The molecule has 0 saturated heterocycles. The minimum atomic E-state index is 0.115. The molecule has 0 aromatic rings. The molecule has 1 amide bonds. The smallest absolute Gasteiger partial charge is 0.220 e. The first-order chi connectivity index (χ1) is 5.95. The van der Waals surface area contributed by atoms with E-state index in [1.54, 1.807) is 0 Å². The number of hydrogen-bond donors (Lipinski definition) is 2. The summed E-state index contributed by atoms with van der Waals surface area (Å²) in [5, 5.41) is 2.87. The quantitative estimate of drug-likeness (QED) is 0.521. The lowest BCUT2D eigenvalue weighted by atomic mass is 9.91. The maximum absolute atomic E-state index is 11.0. The van der Waals surface area contributed by atoms with Gasteiger partial charge in [0.15, 0.2) is 0 Å². The number of rotatable bonds is 5. The highest BCUT2D eigenvalue weighted by molar-refractivity contribution is 7.80. The second-order valence-electron chi connectivity index (χ2n) is 4.49. The monoisotopic (exact) mass is 203 g/mol. The van der Waals surface area contributed by atoms with Gasteiger partial charge in [0, 0.05) is 13.0 Å². The third kappa shape index (κ3) is 9.74. The summed E-state index contributed by atoms with van der Waals surface area (Å²) in [6, 6.07) is 0. The Kier molecular flexibility index (Phi) is 6.21. The Bertz CT molecular complexity index is 151. The second kappa shape index (κ2) is 6.30. The summed E-state index contributed by atoms with van der Waals surface area (Å²) >= 11 is 3.99. The van der Waals surface area contributed by atoms with Crippen LogP contribution in [0.1, 0.15) is 40.0 Å². The van der Waals surface area contributed by atoms with E-state index in [9.17, 15) is 4.79 Å². The van der Waals surface area contributed by atoms with Crippen molar-refractivity contribution in [2.75, 3.05) is 12.3 Å². The first-order valence-corrected chi connectivity index (χ1v) is 5.46. The van der Waals surface area contributed by atoms with Gasteiger partial charge in [-0.05, 0) is 24.0 Å². The zero-order valence-electron chi connectivity index (χ0n) is 8.89. The fourth-order valence-electron chi connectivity index (χ4n) is 1.04. The predicted molar refractivity (Wildman–Crippen MR) is 60.2 cm³/mol. The van der Waals surface area contributed by atoms with Gasteiger partial charge in [-0.3, -0.25) is 4.79 Å². The maximum Gasteiger partial charge on any atom is 0.220 e. The first kappa shape index (κ1) is 12.8. The Morgan fingerprint density at radius 2 is 2.00 bits per heavy atom. The molecule has 1 N–H and O–H groups in total. The molecule has 0 aromatic carbocycles. The van der Waals surface area contributed by atoms with Gasteiger partial charge in [-0.2, -0.15) is 12.6 Å². The molecule has 0 fully saturated rings. The van der Waals surface area contributed by atoms with Gasteiger partial charge in [-0.1, -0.05) is 20.8 Å². The van der Waals surface area contributed by atoms with Crippen LogP contribution in [0.3, 0.4) is 0 Å². The molecule has 0 heterocycles. The van der Waals surface area contributed by atoms with E-state index in [2.05, 4.69) is 38.7 Å². The average molecular weight is 203 g/mol. The molecule has 0 aliphatic heterocycles. The van der Waals surface area contributed by atoms with E-state index in [4.69, 9.17) is 0 Å². The van der Waals surface area contributed by atoms with Crippen LogP contribution in [0.2, 0.25) is 0 Å². The van der Waals surface area contributed by atoms with Crippen LogP contribution in [-0.4, -0.2) is 18.2 Å². The van der Waals surface area contributed by atoms with Crippen LogP contribution in [0.4, 0.5) is 0 Å². The van der Waals surface area contributed by atoms with Gasteiger partial charge < -0.3 is 5.32 Å². The van der Waals surface area contributed by atoms with E-state index in [-0.39, 0.29) is 5.91 Å². The summed E-state index contributed by atoms with van der Waals surface area (Å²) in [7, 11) is 0. The summed E-state index contributed by atoms with van der Waals surface area (Å²) in [5.74, 6) is 0.745. The Morgan fingerprint density at radius 3 is 2.46 bits per heavy atom. The molecule has 13 heavy (non-hydrogen) atoms. The van der Waals surface area contributed by atoms with Crippen molar-refractivity contribution in [3.8, 4) is 0 Å². The number of thiol groups is 1. The molecule has 0 atom stereocenters. The Morgan fingerprint density at radius 1 is 1.38 bits per heavy atom. The van der Waals surface area contributed by atoms with Crippen molar-refractivity contribution in [1.29, 1.82) is 0 Å². The summed E-state index contributed by atoms with van der Waals surface area (Å²) in [5.41, 5.74) is 0.369. The SMILES string of the molecule is CC(C)(C)CCCNC(=O)CCS. The van der Waals surface area contributed by atoms with Crippen LogP contribution in [0.25, 0.3) is 0 Å². The number of carbonyl (C=O) groups excluding carboxylic acids is 1. The van der Waals surface area contributed by atoms with Crippen molar-refractivity contribution < 1.29 is 4.79 Å². The molecule has 0 aliphatic rings. The average Bonchev–Trinajstić information content (AvgIpc) is 1.97. The summed E-state index contributed by atoms with van der Waals surface area (Å²) < 4.78 is 0. The zero-order valence-corrected chi connectivity index (χ0v) is 9.79. The lowest BCUT2D eigenvalue weighted by molar-refractivity contribution is -0.120. The normalized spacial score (nSPS) is 11.4. The third-order valence-electron chi connectivity index (χ3n) is 1.76. The Labute approximate surface area is 86.9 Å². The fourth-order valence-corrected chi connectivity index (χ4v) is 1.24. The standard InChI is InChI=1S/C10H21NOS/c1-10(2,3)6-4-7-11-9(12)5-8-13/h13H,4-8H2,1-3H3,(H,11,12). The van der Waals surface area contributed by atoms with Crippen LogP contribution in [0.5, 0.6) is 0 Å². The van der Waals surface area contributed by atoms with Crippen molar-refractivity contribution >= 4 is 18.5 Å². The lowest BCUT2D eigenvalue weighted by Gasteiger charge is -2.17. The number of amides is 1. The van der Waals surface area contributed by atoms with Crippen molar-refractivity contribution in [1.82, 2.24) is 5.32 Å². The molecular formula is C10H21NOS. The fraction of sp³-hybridized carbons (Fsp3) is 0.900. The highest BCUT2D eigenvalue weighted by Crippen LogP contribution is 2.19. The molecular weight excluding hydrogens is 182 g/mol. The Hall–Kier alpha value is -0.180. The first-order valence-electron chi connectivity index (χ1n) is 4.83. The molecule has 0 radical (unpaired) electrons. The van der Waals surface area contributed by atoms with Crippen LogP contribution in [0, 0.1) is 5.41 Å². The summed E-state index contributed by atoms with van der Waals surface area (Å²) in [6.45, 7) is 7.43. The van der Waals surface area contributed by atoms with E-state index in [0.717, 1.165) is 19.4 Å². The lowest BCUT2D eigenvalue weighted by Crippen LogP contribution is -2.25. The van der Waals surface area contributed by atoms with Crippen molar-refractivity contribution in [2.24, 2.45) is 5.41 Å². The minimum absolute atomic E-state index is 0.115. The highest BCUT2D eigenvalue weighted by Gasteiger charge is 2.09. The van der Waals surface area contributed by atoms with Gasteiger partial charge in [0.2, 0.25) is 5.91 Å². The van der Waals surface area contributed by atoms with Gasteiger partial charge in [0.25, 0.3) is 0 Å². The molecule has 78 valence electrons. The number of hydrogen-bond acceptors (Lipinski definition) is 2. The van der Waals surface area contributed by atoms with E-state index in [0.29, 0.717) is 17.6 Å². The van der Waals surface area contributed by atoms with Gasteiger partial charge in [-0.25, -0.2) is 0 Å². The molecule has 0 bridgehead atoms. The van der Waals surface area contributed by atoms with Gasteiger partial charge in [0.05, 0.1) is 0 Å². The predicted octanol–water partition coefficient (Wildman–Crippen LogP) is 2.25. The van der Waals surface area contributed by atoms with Crippen molar-refractivity contribution in [3.63, 3.8) is 0 Å². The Balaban J connectivity index is 3.31. The van der Waals surface area contributed by atoms with E-state index < -0.39 is 0 Å². The largest absolute Gasteiger partial charge is 0.356 e. The van der Waals surface area contributed by atoms with Crippen LogP contribution < -0.4 is 5.32 Å². The molecule has 0 unspecified atom stereocenters. The summed E-state index contributed by atoms with van der Waals surface area (Å²) in [6.07, 6.45) is 2.73. The maximum atomic E-state index is 11.0. The topological polar surface area (TPSA) is 29.1 Å². The molecule has 0 spiro atoms. The molecule has 2 nitrogen and oxygen atoms in total. The van der Waals surface area contributed by atoms with Gasteiger partial charge in [-0.15, -0.1) is 0 Å². The van der Waals surface area contributed by atoms with Crippen LogP contribution in [-0.2, 0) is 4.79 Å². The molecule has 0 aliphatic carbocycles. The van der Waals surface area contributed by atoms with Gasteiger partial charge >= 0.3 is 0 Å². The van der Waals surface area contributed by atoms with Crippen molar-refractivity contribution in [3.05, 3.63) is 0 Å². The van der Waals surface area contributed by atoms with Crippen LogP contribution >= 0.6 is 12.6 Å². The van der Waals surface area contributed by atoms with E-state index >= 15 is 0 Å². The van der Waals surface area contributed by atoms with Crippen molar-refractivity contribution in [2.45, 2.75) is 40.0 Å². The second-order valence-corrected chi connectivity index (χ2v) is 4.93. The molecule has 3 heteroatoms. The van der Waals surface area contributed by atoms with E-state index in [1.165, 1.54) is 0 Å². The van der Waals surface area contributed by atoms with E-state index in [1.807, 2.05) is 0 Å². The van der Waals surface area contributed by atoms with Crippen LogP contribution in [0.15, 0.2) is 0 Å². The molecule has 0 aromatic heterocycles. The minimum Gasteiger partial charge on any atom is -0.356 e. The number of nitrogens with one attached hydrogen (secondary N) is 1. The zero-order chi connectivity index (χ0) is 10.3. The van der Waals surface area contributed by atoms with Gasteiger partial charge in [0.1, 0.15) is 0 Å². The molecule has 0 saturated carbocycles. The number of carbonyl (C=O) groups is 1.